The first kappa shape index (κ1) is 13.4. The molecule has 2 aromatic rings. The van der Waals surface area contributed by atoms with Gasteiger partial charge in [0.2, 0.25) is 5.96 Å². The van der Waals surface area contributed by atoms with Gasteiger partial charge in [-0.1, -0.05) is 18.2 Å². The van der Waals surface area contributed by atoms with Gasteiger partial charge in [0, 0.05) is 0 Å². The highest BCUT2D eigenvalue weighted by atomic mass is 16.5. The SMILES string of the molecule is NC(N)=NC(N)=Nc1ccc(Oc2ccccc2)cc1. The average Bonchev–Trinajstić information content (AvgIpc) is 2.41. The molecule has 0 atom stereocenters. The van der Waals surface area contributed by atoms with Crippen LogP contribution in [0, 0.1) is 0 Å². The van der Waals surface area contributed by atoms with E-state index < -0.39 is 0 Å². The molecule has 0 aliphatic carbocycles. The summed E-state index contributed by atoms with van der Waals surface area (Å²) in [6, 6.07) is 16.6. The molecule has 0 unspecified atom stereocenters. The third-order valence-corrected chi connectivity index (χ3v) is 2.30. The smallest absolute Gasteiger partial charge is 0.223 e. The molecule has 0 spiro atoms. The molecule has 2 rings (SSSR count). The van der Waals surface area contributed by atoms with Gasteiger partial charge in [-0.05, 0) is 36.4 Å². The van der Waals surface area contributed by atoms with Gasteiger partial charge >= 0.3 is 0 Å². The number of nitrogens with zero attached hydrogens (tertiary/aromatic N) is 2. The predicted octanol–water partition coefficient (Wildman–Crippen LogP) is 1.70. The zero-order chi connectivity index (χ0) is 14.4. The zero-order valence-corrected chi connectivity index (χ0v) is 10.7. The normalized spacial score (nSPS) is 10.9. The zero-order valence-electron chi connectivity index (χ0n) is 10.7. The summed E-state index contributed by atoms with van der Waals surface area (Å²) >= 11 is 0. The van der Waals surface area contributed by atoms with Crippen molar-refractivity contribution in [3.05, 3.63) is 54.6 Å². The van der Waals surface area contributed by atoms with E-state index in [1.807, 2.05) is 30.3 Å². The van der Waals surface area contributed by atoms with E-state index in [9.17, 15) is 0 Å². The van der Waals surface area contributed by atoms with Crippen LogP contribution in [0.2, 0.25) is 0 Å². The summed E-state index contributed by atoms with van der Waals surface area (Å²) in [6.07, 6.45) is 0. The standard InChI is InChI=1S/C14H15N5O/c15-13(16)19-14(17)18-10-6-8-12(9-7-10)20-11-4-2-1-3-5-11/h1-9H,(H6,15,16,17,18,19). The van der Waals surface area contributed by atoms with Crippen molar-refractivity contribution in [1.29, 1.82) is 0 Å². The molecule has 2 aromatic carbocycles. The minimum atomic E-state index is -0.129. The van der Waals surface area contributed by atoms with Crippen molar-refractivity contribution in [2.75, 3.05) is 0 Å². The summed E-state index contributed by atoms with van der Waals surface area (Å²) in [4.78, 5) is 7.67. The van der Waals surface area contributed by atoms with Gasteiger partial charge in [-0.25, -0.2) is 4.99 Å². The first-order valence-electron chi connectivity index (χ1n) is 5.90. The summed E-state index contributed by atoms with van der Waals surface area (Å²) in [5.74, 6) is 1.34. The second kappa shape index (κ2) is 6.24. The molecule has 0 amide bonds. The Balaban J connectivity index is 2.09. The molecule has 0 bridgehead atoms. The minimum Gasteiger partial charge on any atom is -0.457 e. The number of aliphatic imine (C=N–C) groups is 2. The van der Waals surface area contributed by atoms with Crippen molar-refractivity contribution in [2.45, 2.75) is 0 Å². The van der Waals surface area contributed by atoms with Crippen LogP contribution in [0.3, 0.4) is 0 Å². The maximum atomic E-state index is 5.66. The van der Waals surface area contributed by atoms with Crippen molar-refractivity contribution in [3.8, 4) is 11.5 Å². The van der Waals surface area contributed by atoms with Crippen LogP contribution in [-0.2, 0) is 0 Å². The van der Waals surface area contributed by atoms with Crippen LogP contribution < -0.4 is 21.9 Å². The molecule has 20 heavy (non-hydrogen) atoms. The summed E-state index contributed by atoms with van der Waals surface area (Å²) in [7, 11) is 0. The second-order valence-electron chi connectivity index (χ2n) is 3.92. The lowest BCUT2D eigenvalue weighted by atomic mass is 10.3. The number of rotatable bonds is 3. The Bertz CT molecular complexity index is 616. The second-order valence-corrected chi connectivity index (χ2v) is 3.92. The molecule has 0 radical (unpaired) electrons. The molecule has 6 N–H and O–H groups in total. The highest BCUT2D eigenvalue weighted by Gasteiger charge is 1.97. The van der Waals surface area contributed by atoms with Gasteiger partial charge in [0.15, 0.2) is 5.96 Å². The summed E-state index contributed by atoms with van der Waals surface area (Å²) in [5.41, 5.74) is 16.6. The van der Waals surface area contributed by atoms with E-state index in [4.69, 9.17) is 21.9 Å². The van der Waals surface area contributed by atoms with Gasteiger partial charge in [-0.3, -0.25) is 0 Å². The van der Waals surface area contributed by atoms with Crippen molar-refractivity contribution >= 4 is 17.6 Å². The van der Waals surface area contributed by atoms with Crippen molar-refractivity contribution in [3.63, 3.8) is 0 Å². The van der Waals surface area contributed by atoms with Crippen LogP contribution in [0.25, 0.3) is 0 Å². The van der Waals surface area contributed by atoms with E-state index >= 15 is 0 Å². The van der Waals surface area contributed by atoms with Crippen LogP contribution in [-0.4, -0.2) is 11.9 Å². The predicted molar refractivity (Wildman–Crippen MR) is 80.1 cm³/mol. The van der Waals surface area contributed by atoms with Gasteiger partial charge < -0.3 is 21.9 Å². The fourth-order valence-electron chi connectivity index (χ4n) is 1.50. The fraction of sp³-hybridized carbons (Fsp3) is 0. The number of para-hydroxylation sites is 1. The van der Waals surface area contributed by atoms with E-state index in [2.05, 4.69) is 9.98 Å². The van der Waals surface area contributed by atoms with Gasteiger partial charge in [0.05, 0.1) is 5.69 Å². The third kappa shape index (κ3) is 4.02. The van der Waals surface area contributed by atoms with Crippen LogP contribution in [0.4, 0.5) is 5.69 Å². The first-order valence-corrected chi connectivity index (χ1v) is 5.90. The van der Waals surface area contributed by atoms with Gasteiger partial charge in [-0.2, -0.15) is 4.99 Å². The third-order valence-electron chi connectivity index (χ3n) is 2.30. The first-order chi connectivity index (χ1) is 9.63. The number of guanidine groups is 2. The molecule has 0 aliphatic heterocycles. The van der Waals surface area contributed by atoms with Crippen molar-refractivity contribution in [1.82, 2.24) is 0 Å². The number of hydrogen-bond acceptors (Lipinski definition) is 2. The number of ether oxygens (including phenoxy) is 1. The van der Waals surface area contributed by atoms with Gasteiger partial charge in [-0.15, -0.1) is 0 Å². The maximum absolute atomic E-state index is 5.66. The highest BCUT2D eigenvalue weighted by molar-refractivity contribution is 5.93. The van der Waals surface area contributed by atoms with E-state index in [-0.39, 0.29) is 11.9 Å². The number of benzene rings is 2. The molecule has 102 valence electrons. The van der Waals surface area contributed by atoms with E-state index in [1.165, 1.54) is 0 Å². The Hall–Kier alpha value is -3.02. The van der Waals surface area contributed by atoms with Crippen LogP contribution in [0.15, 0.2) is 64.6 Å². The molecule has 0 heterocycles. The Labute approximate surface area is 116 Å². The molecule has 6 nitrogen and oxygen atoms in total. The average molecular weight is 269 g/mol. The molecule has 0 fully saturated rings. The Morgan fingerprint density at radius 3 is 2.00 bits per heavy atom. The summed E-state index contributed by atoms with van der Waals surface area (Å²) in [5, 5.41) is 0. The van der Waals surface area contributed by atoms with Crippen LogP contribution in [0.5, 0.6) is 11.5 Å². The monoisotopic (exact) mass is 269 g/mol. The molecule has 0 aliphatic rings. The summed E-state index contributed by atoms with van der Waals surface area (Å²) in [6.45, 7) is 0. The Morgan fingerprint density at radius 1 is 0.800 bits per heavy atom. The maximum Gasteiger partial charge on any atom is 0.223 e. The Kier molecular flexibility index (Phi) is 4.18. The lowest BCUT2D eigenvalue weighted by Crippen LogP contribution is -2.26. The lowest BCUT2D eigenvalue weighted by molar-refractivity contribution is 0.483. The highest BCUT2D eigenvalue weighted by Crippen LogP contribution is 2.23. The fourth-order valence-corrected chi connectivity index (χ4v) is 1.50. The summed E-state index contributed by atoms with van der Waals surface area (Å²) < 4.78 is 5.66. The minimum absolute atomic E-state index is 0.00160. The Morgan fingerprint density at radius 2 is 1.40 bits per heavy atom. The molecule has 0 saturated carbocycles. The van der Waals surface area contributed by atoms with Crippen LogP contribution in [0.1, 0.15) is 0 Å². The number of nitrogens with two attached hydrogens (primary N) is 3. The van der Waals surface area contributed by atoms with Gasteiger partial charge in [0.25, 0.3) is 0 Å². The van der Waals surface area contributed by atoms with Crippen molar-refractivity contribution < 1.29 is 4.74 Å². The lowest BCUT2D eigenvalue weighted by Gasteiger charge is -2.05. The molecular formula is C14H15N5O. The molecule has 6 heteroatoms. The molecular weight excluding hydrogens is 254 g/mol. The van der Waals surface area contributed by atoms with Crippen molar-refractivity contribution in [2.24, 2.45) is 27.2 Å². The molecule has 0 aromatic heterocycles. The van der Waals surface area contributed by atoms with E-state index in [0.29, 0.717) is 11.4 Å². The molecule has 0 saturated heterocycles. The van der Waals surface area contributed by atoms with E-state index in [0.717, 1.165) is 5.75 Å². The quantitative estimate of drug-likeness (QED) is 0.581. The van der Waals surface area contributed by atoms with Gasteiger partial charge in [0.1, 0.15) is 11.5 Å². The van der Waals surface area contributed by atoms with E-state index in [1.54, 1.807) is 24.3 Å². The topological polar surface area (TPSA) is 112 Å². The largest absolute Gasteiger partial charge is 0.457 e. The van der Waals surface area contributed by atoms with Crippen LogP contribution >= 0.6 is 0 Å². The number of hydrogen-bond donors (Lipinski definition) is 3.